The van der Waals surface area contributed by atoms with Crippen LogP contribution in [0.25, 0.3) is 10.9 Å². The highest BCUT2D eigenvalue weighted by molar-refractivity contribution is 5.89. The monoisotopic (exact) mass is 429 g/mol. The van der Waals surface area contributed by atoms with Crippen LogP contribution in [0.2, 0.25) is 0 Å². The number of aromatic amines is 1. The Morgan fingerprint density at radius 1 is 1.39 bits per heavy atom. The maximum absolute atomic E-state index is 14.5. The number of H-pyrrole nitrogens is 1. The van der Waals surface area contributed by atoms with Gasteiger partial charge in [-0.3, -0.25) is 9.59 Å². The minimum Gasteiger partial charge on any atom is -0.349 e. The largest absolute Gasteiger partial charge is 0.349 e. The number of rotatable bonds is 5. The number of nitriles is 1. The lowest BCUT2D eigenvalue weighted by atomic mass is 9.93. The van der Waals surface area contributed by atoms with Gasteiger partial charge in [-0.15, -0.1) is 0 Å². The van der Waals surface area contributed by atoms with Crippen LogP contribution >= 0.6 is 0 Å². The third-order valence-electron chi connectivity index (χ3n) is 6.25. The fourth-order valence-corrected chi connectivity index (χ4v) is 4.41. The minimum absolute atomic E-state index is 0.0469. The Bertz CT molecular complexity index is 1170. The molecule has 1 amide bonds. The topological polar surface area (TPSA) is 106 Å². The van der Waals surface area contributed by atoms with Gasteiger partial charge in [-0.25, -0.2) is 8.78 Å². The van der Waals surface area contributed by atoms with Crippen LogP contribution in [0.15, 0.2) is 16.9 Å². The minimum atomic E-state index is -1.52. The van der Waals surface area contributed by atoms with Crippen molar-refractivity contribution in [1.29, 1.82) is 5.26 Å². The van der Waals surface area contributed by atoms with Gasteiger partial charge in [0.2, 0.25) is 18.5 Å². The first-order valence-electron chi connectivity index (χ1n) is 10.4. The summed E-state index contributed by atoms with van der Waals surface area (Å²) in [4.78, 5) is 39.8. The molecule has 0 bridgehead atoms. The number of aromatic nitrogens is 1. The molecule has 162 valence electrons. The lowest BCUT2D eigenvalue weighted by Crippen LogP contribution is -2.49. The zero-order valence-electron chi connectivity index (χ0n) is 17.1. The highest BCUT2D eigenvalue weighted by Crippen LogP contribution is 2.45. The molecule has 2 N–H and O–H groups in total. The van der Waals surface area contributed by atoms with Gasteiger partial charge in [-0.2, -0.15) is 5.26 Å². The fraction of sp³-hybridized carbons (Fsp3) is 0.500. The summed E-state index contributed by atoms with van der Waals surface area (Å²) in [7, 11) is 0. The van der Waals surface area contributed by atoms with E-state index in [1.54, 1.807) is 6.92 Å². The van der Waals surface area contributed by atoms with Gasteiger partial charge in [-0.1, -0.05) is 0 Å². The third-order valence-corrected chi connectivity index (χ3v) is 6.25. The summed E-state index contributed by atoms with van der Waals surface area (Å²) in [5, 5.41) is 12.1. The van der Waals surface area contributed by atoms with Crippen molar-refractivity contribution in [3.8, 4) is 6.07 Å². The second kappa shape index (κ2) is 8.17. The van der Waals surface area contributed by atoms with Gasteiger partial charge in [0, 0.05) is 38.1 Å². The van der Waals surface area contributed by atoms with Crippen LogP contribution in [0.3, 0.4) is 0 Å². The van der Waals surface area contributed by atoms with E-state index >= 15 is 0 Å². The van der Waals surface area contributed by atoms with Crippen molar-refractivity contribution in [3.05, 3.63) is 49.9 Å². The van der Waals surface area contributed by atoms with Gasteiger partial charge in [0.1, 0.15) is 11.7 Å². The molecule has 1 aromatic carbocycles. The van der Waals surface area contributed by atoms with Crippen molar-refractivity contribution in [2.24, 2.45) is 5.92 Å². The van der Waals surface area contributed by atoms with E-state index in [1.807, 2.05) is 6.07 Å². The molecule has 3 unspecified atom stereocenters. The summed E-state index contributed by atoms with van der Waals surface area (Å²) in [5.41, 5.74) is 1.45. The zero-order chi connectivity index (χ0) is 22.3. The molecule has 0 spiro atoms. The average Bonchev–Trinajstić information content (AvgIpc) is 3.55. The number of nitroso groups, excluding NO2 is 1. The maximum atomic E-state index is 14.5. The quantitative estimate of drug-likeness (QED) is 0.713. The Balaban J connectivity index is 1.53. The van der Waals surface area contributed by atoms with Gasteiger partial charge < -0.3 is 10.3 Å². The molecule has 1 aromatic heterocycles. The average molecular weight is 429 g/mol. The predicted octanol–water partition coefficient (Wildman–Crippen LogP) is 2.54. The Morgan fingerprint density at radius 3 is 2.77 bits per heavy atom. The number of hydrogen-bond donors (Lipinski definition) is 2. The Labute approximate surface area is 177 Å². The van der Waals surface area contributed by atoms with E-state index in [0.717, 1.165) is 12.8 Å². The number of carbonyl (C=O) groups excluding carboxylic acids is 1. The van der Waals surface area contributed by atoms with Crippen molar-refractivity contribution in [3.63, 3.8) is 0 Å². The number of benzene rings is 1. The zero-order valence-corrected chi connectivity index (χ0v) is 17.1. The molecule has 7 nitrogen and oxygen atoms in total. The van der Waals surface area contributed by atoms with Crippen LogP contribution in [0.4, 0.5) is 8.78 Å². The predicted molar refractivity (Wildman–Crippen MR) is 109 cm³/mol. The van der Waals surface area contributed by atoms with Gasteiger partial charge >= 0.3 is 0 Å². The van der Waals surface area contributed by atoms with Crippen molar-refractivity contribution in [2.75, 3.05) is 13.1 Å². The van der Waals surface area contributed by atoms with Crippen LogP contribution in [0.1, 0.15) is 41.9 Å². The van der Waals surface area contributed by atoms with Crippen molar-refractivity contribution < 1.29 is 18.3 Å². The number of aryl methyl sites for hydroxylation is 1. The summed E-state index contributed by atoms with van der Waals surface area (Å²) in [5.74, 6) is -1.40. The summed E-state index contributed by atoms with van der Waals surface area (Å²) in [6, 6.07) is 3.70. The van der Waals surface area contributed by atoms with E-state index < -0.39 is 29.6 Å². The van der Waals surface area contributed by atoms with Crippen LogP contribution in [-0.4, -0.2) is 41.0 Å². The second-order valence-electron chi connectivity index (χ2n) is 8.44. The Kier molecular flexibility index (Phi) is 5.56. The van der Waals surface area contributed by atoms with E-state index in [-0.39, 0.29) is 43.2 Å². The molecule has 0 radical (unpaired) electrons. The van der Waals surface area contributed by atoms with Gasteiger partial charge in [0.25, 0.3) is 5.56 Å². The van der Waals surface area contributed by atoms with Gasteiger partial charge in [0.15, 0.2) is 6.17 Å². The molecule has 1 saturated heterocycles. The van der Waals surface area contributed by atoms with E-state index in [9.17, 15) is 23.3 Å². The standard InChI is InChI=1S/C22H22F2N4O3/c1-11-14(7-19(29)26-9-18-16(24)6-12(8-25)10-28(18)31)22(30)27-17-5-4-15(23)21(20(11)17)13-2-3-13/h4-5,12-13,16,18H,2-3,6-7,9-10H2,1H3,(H-,26,27,29,30)/p+1. The fourth-order valence-electron chi connectivity index (χ4n) is 4.41. The molecule has 4 rings (SSSR count). The number of halogens is 2. The number of hydrogen-bond acceptors (Lipinski definition) is 4. The Morgan fingerprint density at radius 2 is 2.13 bits per heavy atom. The SMILES string of the molecule is Cc1c(CC(=O)NCC2C(F)CC(C#N)C[N+]2=O)c(=O)[nH]c2ccc(F)c(C3CC3)c12. The third kappa shape index (κ3) is 4.07. The lowest BCUT2D eigenvalue weighted by molar-refractivity contribution is -0.605. The first-order chi connectivity index (χ1) is 14.8. The first kappa shape index (κ1) is 21.1. The van der Waals surface area contributed by atoms with Gasteiger partial charge in [0.05, 0.1) is 19.0 Å². The van der Waals surface area contributed by atoms with Crippen LogP contribution in [0, 0.1) is 34.9 Å². The highest BCUT2D eigenvalue weighted by atomic mass is 19.1. The molecule has 2 fully saturated rings. The number of fused-ring (bicyclic) bond motifs is 1. The van der Waals surface area contributed by atoms with E-state index in [1.165, 1.54) is 12.1 Å². The number of piperidine rings is 1. The van der Waals surface area contributed by atoms with Crippen molar-refractivity contribution in [2.45, 2.75) is 50.7 Å². The second-order valence-corrected chi connectivity index (χ2v) is 8.44. The molecule has 2 aromatic rings. The molecule has 1 saturated carbocycles. The summed E-state index contributed by atoms with van der Waals surface area (Å²) in [6.45, 7) is 1.39. The lowest BCUT2D eigenvalue weighted by Gasteiger charge is -2.21. The van der Waals surface area contributed by atoms with E-state index in [2.05, 4.69) is 10.3 Å². The van der Waals surface area contributed by atoms with Crippen LogP contribution in [0.5, 0.6) is 0 Å². The van der Waals surface area contributed by atoms with E-state index in [4.69, 9.17) is 5.26 Å². The number of pyridine rings is 1. The van der Waals surface area contributed by atoms with Crippen LogP contribution < -0.4 is 10.9 Å². The molecular formula is C22H23F2N4O3+. The molecule has 2 heterocycles. The number of amides is 1. The van der Waals surface area contributed by atoms with E-state index in [0.29, 0.717) is 26.8 Å². The van der Waals surface area contributed by atoms with Crippen LogP contribution in [-0.2, 0) is 11.2 Å². The first-order valence-corrected chi connectivity index (χ1v) is 10.4. The molecule has 3 atom stereocenters. The molecule has 1 aliphatic carbocycles. The summed E-state index contributed by atoms with van der Waals surface area (Å²) in [6.07, 6.45) is -0.0649. The summed E-state index contributed by atoms with van der Waals surface area (Å²) < 4.78 is 29.2. The van der Waals surface area contributed by atoms with Crippen molar-refractivity contribution in [1.82, 2.24) is 10.3 Å². The number of nitrogens with zero attached hydrogens (tertiary/aromatic N) is 2. The number of carbonyl (C=O) groups is 1. The molecule has 1 aliphatic heterocycles. The molecular weight excluding hydrogens is 406 g/mol. The molecule has 31 heavy (non-hydrogen) atoms. The number of nitrogens with one attached hydrogen (secondary N) is 2. The molecule has 9 heteroatoms. The number of alkyl halides is 1. The smallest absolute Gasteiger partial charge is 0.252 e. The molecule has 2 aliphatic rings. The normalized spacial score (nSPS) is 23.5. The highest BCUT2D eigenvalue weighted by Gasteiger charge is 2.43. The maximum Gasteiger partial charge on any atom is 0.252 e. The summed E-state index contributed by atoms with van der Waals surface area (Å²) >= 11 is 0. The Hall–Kier alpha value is -3.15. The van der Waals surface area contributed by atoms with Gasteiger partial charge in [-0.05, 0) is 43.4 Å². The van der Waals surface area contributed by atoms with Crippen molar-refractivity contribution >= 4 is 16.8 Å².